The van der Waals surface area contributed by atoms with Crippen molar-refractivity contribution in [1.82, 2.24) is 9.80 Å². The van der Waals surface area contributed by atoms with Crippen LogP contribution in [0, 0.1) is 6.92 Å². The van der Waals surface area contributed by atoms with Crippen LogP contribution < -0.4 is 0 Å². The van der Waals surface area contributed by atoms with Gasteiger partial charge in [0.1, 0.15) is 0 Å². The number of β-amino-alcohol motifs (C(OH)–C–C–N with tert-alkyl or cyclic N) is 1. The lowest BCUT2D eigenvalue weighted by Gasteiger charge is -2.38. The van der Waals surface area contributed by atoms with Crippen LogP contribution in [0.2, 0.25) is 0 Å². The summed E-state index contributed by atoms with van der Waals surface area (Å²) < 4.78 is 6.00. The molecule has 0 bridgehead atoms. The molecule has 27 heavy (non-hydrogen) atoms. The maximum Gasteiger partial charge on any atom is 0.254 e. The zero-order valence-electron chi connectivity index (χ0n) is 16.8. The molecule has 5 nitrogen and oxygen atoms in total. The van der Waals surface area contributed by atoms with Gasteiger partial charge < -0.3 is 14.7 Å². The minimum atomic E-state index is -0.288. The summed E-state index contributed by atoms with van der Waals surface area (Å²) in [5.41, 5.74) is 1.93. The molecular weight excluding hydrogens is 340 g/mol. The summed E-state index contributed by atoms with van der Waals surface area (Å²) in [5, 5.41) is 9.96. The number of hydrogen-bond acceptors (Lipinski definition) is 4. The summed E-state index contributed by atoms with van der Waals surface area (Å²) in [6.07, 6.45) is 5.06. The molecule has 150 valence electrons. The van der Waals surface area contributed by atoms with Gasteiger partial charge >= 0.3 is 0 Å². The van der Waals surface area contributed by atoms with Crippen LogP contribution >= 0.6 is 0 Å². The molecule has 0 spiro atoms. The average molecular weight is 375 g/mol. The van der Waals surface area contributed by atoms with Crippen molar-refractivity contribution in [3.8, 4) is 0 Å². The van der Waals surface area contributed by atoms with Crippen molar-refractivity contribution in [2.24, 2.45) is 0 Å². The predicted octanol–water partition coefficient (Wildman–Crippen LogP) is 2.85. The Morgan fingerprint density at radius 3 is 2.67 bits per heavy atom. The third-order valence-corrected chi connectivity index (χ3v) is 5.89. The van der Waals surface area contributed by atoms with Crippen molar-refractivity contribution in [2.75, 3.05) is 32.8 Å². The number of hydrogen-bond donors (Lipinski definition) is 1. The molecule has 2 fully saturated rings. The second kappa shape index (κ2) is 9.67. The van der Waals surface area contributed by atoms with Crippen LogP contribution in [0.3, 0.4) is 0 Å². The smallest absolute Gasteiger partial charge is 0.254 e. The van der Waals surface area contributed by atoms with E-state index in [-0.39, 0.29) is 18.1 Å². The Labute approximate surface area is 163 Å². The highest BCUT2D eigenvalue weighted by molar-refractivity contribution is 5.94. The first-order valence-electron chi connectivity index (χ1n) is 10.5. The van der Waals surface area contributed by atoms with Crippen molar-refractivity contribution in [3.05, 3.63) is 35.4 Å². The zero-order valence-corrected chi connectivity index (χ0v) is 16.8. The SMILES string of the molecule is CCC(O)CN1CCOC(CN(C(=O)c2ccc(C)cc2)C2CCCC2)C1. The van der Waals surface area contributed by atoms with Crippen molar-refractivity contribution >= 4 is 5.91 Å². The monoisotopic (exact) mass is 374 g/mol. The Hall–Kier alpha value is -1.43. The Morgan fingerprint density at radius 2 is 2.00 bits per heavy atom. The molecule has 1 aliphatic heterocycles. The van der Waals surface area contributed by atoms with Crippen molar-refractivity contribution < 1.29 is 14.6 Å². The minimum absolute atomic E-state index is 0.0119. The number of benzene rings is 1. The van der Waals surface area contributed by atoms with Crippen molar-refractivity contribution in [1.29, 1.82) is 0 Å². The fourth-order valence-electron chi connectivity index (χ4n) is 4.18. The van der Waals surface area contributed by atoms with Gasteiger partial charge in [-0.1, -0.05) is 37.5 Å². The number of ether oxygens (including phenoxy) is 1. The Morgan fingerprint density at radius 1 is 1.30 bits per heavy atom. The molecule has 5 heteroatoms. The highest BCUT2D eigenvalue weighted by Crippen LogP contribution is 2.26. The lowest BCUT2D eigenvalue weighted by molar-refractivity contribution is -0.0539. The molecular formula is C22H34N2O3. The predicted molar refractivity (Wildman–Crippen MR) is 107 cm³/mol. The normalized spacial score (nSPS) is 22.7. The first kappa shape index (κ1) is 20.3. The maximum atomic E-state index is 13.2. The minimum Gasteiger partial charge on any atom is -0.392 e. The summed E-state index contributed by atoms with van der Waals surface area (Å²) in [6.45, 7) is 7.66. The van der Waals surface area contributed by atoms with Crippen LogP contribution in [0.4, 0.5) is 0 Å². The molecule has 1 amide bonds. The van der Waals surface area contributed by atoms with Crippen molar-refractivity contribution in [2.45, 2.75) is 64.2 Å². The Kier molecular flexibility index (Phi) is 7.27. The van der Waals surface area contributed by atoms with Gasteiger partial charge in [0.2, 0.25) is 0 Å². The number of carbonyl (C=O) groups is 1. The quantitative estimate of drug-likeness (QED) is 0.797. The first-order chi connectivity index (χ1) is 13.1. The van der Waals surface area contributed by atoms with Gasteiger partial charge in [-0.05, 0) is 38.3 Å². The topological polar surface area (TPSA) is 53.0 Å². The lowest BCUT2D eigenvalue weighted by Crippen LogP contribution is -2.52. The van der Waals surface area contributed by atoms with Gasteiger partial charge in [-0.25, -0.2) is 0 Å². The van der Waals surface area contributed by atoms with E-state index in [1.54, 1.807) is 0 Å². The van der Waals surface area contributed by atoms with Gasteiger partial charge in [0.05, 0.1) is 18.8 Å². The van der Waals surface area contributed by atoms with E-state index in [1.165, 1.54) is 18.4 Å². The number of rotatable bonds is 7. The van der Waals surface area contributed by atoms with Gasteiger partial charge in [-0.3, -0.25) is 9.69 Å². The number of aliphatic hydroxyl groups excluding tert-OH is 1. The molecule has 1 aromatic carbocycles. The standard InChI is InChI=1S/C22H34N2O3/c1-3-20(25)14-23-12-13-27-21(15-23)16-24(19-6-4-5-7-19)22(26)18-10-8-17(2)9-11-18/h8-11,19-21,25H,3-7,12-16H2,1-2H3. The molecule has 1 aromatic rings. The van der Waals surface area contributed by atoms with Crippen LogP contribution in [0.25, 0.3) is 0 Å². The zero-order chi connectivity index (χ0) is 19.2. The summed E-state index contributed by atoms with van der Waals surface area (Å²) >= 11 is 0. The largest absolute Gasteiger partial charge is 0.392 e. The molecule has 1 N–H and O–H groups in total. The van der Waals surface area contributed by atoms with E-state index in [4.69, 9.17) is 4.74 Å². The van der Waals surface area contributed by atoms with Crippen LogP contribution in [-0.2, 0) is 4.74 Å². The molecule has 1 saturated carbocycles. The molecule has 0 radical (unpaired) electrons. The van der Waals surface area contributed by atoms with Crippen LogP contribution in [0.1, 0.15) is 54.9 Å². The second-order valence-electron chi connectivity index (χ2n) is 8.08. The number of morpholine rings is 1. The maximum absolute atomic E-state index is 13.2. The van der Waals surface area contributed by atoms with E-state index in [1.807, 2.05) is 38.1 Å². The lowest BCUT2D eigenvalue weighted by atomic mass is 10.1. The summed E-state index contributed by atoms with van der Waals surface area (Å²) in [4.78, 5) is 17.6. The molecule has 1 heterocycles. The molecule has 2 unspecified atom stereocenters. The number of carbonyl (C=O) groups excluding carboxylic acids is 1. The van der Waals surface area contributed by atoms with Crippen LogP contribution in [0.5, 0.6) is 0 Å². The fraction of sp³-hybridized carbons (Fsp3) is 0.682. The number of nitrogens with zero attached hydrogens (tertiary/aromatic N) is 2. The third-order valence-electron chi connectivity index (χ3n) is 5.89. The van der Waals surface area contributed by atoms with E-state index in [9.17, 15) is 9.90 Å². The number of amides is 1. The molecule has 2 aliphatic rings. The van der Waals surface area contributed by atoms with Gasteiger partial charge in [0.15, 0.2) is 0 Å². The van der Waals surface area contributed by atoms with E-state index in [0.29, 0.717) is 25.7 Å². The fourth-order valence-corrected chi connectivity index (χ4v) is 4.18. The number of aliphatic hydroxyl groups is 1. The summed E-state index contributed by atoms with van der Waals surface area (Å²) in [5.74, 6) is 0.121. The van der Waals surface area contributed by atoms with E-state index < -0.39 is 0 Å². The molecule has 1 aliphatic carbocycles. The van der Waals surface area contributed by atoms with E-state index >= 15 is 0 Å². The average Bonchev–Trinajstić information content (AvgIpc) is 3.21. The highest BCUT2D eigenvalue weighted by atomic mass is 16.5. The van der Waals surface area contributed by atoms with Gasteiger partial charge in [0, 0.05) is 37.8 Å². The summed E-state index contributed by atoms with van der Waals surface area (Å²) in [7, 11) is 0. The molecule has 0 aromatic heterocycles. The van der Waals surface area contributed by atoms with Crippen LogP contribution in [0.15, 0.2) is 24.3 Å². The first-order valence-corrected chi connectivity index (χ1v) is 10.5. The van der Waals surface area contributed by atoms with Gasteiger partial charge in [-0.2, -0.15) is 0 Å². The van der Waals surface area contributed by atoms with E-state index in [2.05, 4.69) is 9.80 Å². The van der Waals surface area contributed by atoms with Gasteiger partial charge in [0.25, 0.3) is 5.91 Å². The molecule has 3 rings (SSSR count). The van der Waals surface area contributed by atoms with Crippen molar-refractivity contribution in [3.63, 3.8) is 0 Å². The van der Waals surface area contributed by atoms with Crippen LogP contribution in [-0.4, -0.2) is 71.8 Å². The van der Waals surface area contributed by atoms with Gasteiger partial charge in [-0.15, -0.1) is 0 Å². The van der Waals surface area contributed by atoms with E-state index in [0.717, 1.165) is 37.9 Å². The third kappa shape index (κ3) is 5.53. The second-order valence-corrected chi connectivity index (χ2v) is 8.08. The Balaban J connectivity index is 1.68. The summed E-state index contributed by atoms with van der Waals surface area (Å²) in [6, 6.07) is 8.20. The molecule has 2 atom stereocenters. The molecule has 1 saturated heterocycles. The number of aryl methyl sites for hydroxylation is 1. The Bertz CT molecular complexity index is 598. The highest BCUT2D eigenvalue weighted by Gasteiger charge is 2.31.